The first-order chi connectivity index (χ1) is 19.6. The van der Waals surface area contributed by atoms with Crippen LogP contribution in [0.4, 0.5) is 4.79 Å². The van der Waals surface area contributed by atoms with E-state index in [4.69, 9.17) is 30.5 Å². The first kappa shape index (κ1) is 31.4. The molecule has 3 rings (SSSR count). The van der Waals surface area contributed by atoms with Crippen LogP contribution in [0, 0.1) is 0 Å². The van der Waals surface area contributed by atoms with E-state index in [0.717, 1.165) is 11.1 Å². The van der Waals surface area contributed by atoms with Gasteiger partial charge in [0, 0.05) is 30.6 Å². The average molecular weight is 583 g/mol. The normalized spacial score (nSPS) is 12.5. The molecule has 10 heteroatoms. The van der Waals surface area contributed by atoms with Gasteiger partial charge in [-0.05, 0) is 74.8 Å². The number of likely N-dealkylation sites (N-methyl/N-ethyl adjacent to an activating group) is 1. The standard InChI is InChI=1S/C31H35ClN2O7/c1-21(39-30(37)40-27(20-33-4)23-8-6-5-7-9-23)38-29(36)31(2,3)41-26-16-10-22(11-17-26)18-19-34-28(35)24-12-14-25(32)15-13-24/h5-17,21,27,33H,18-20H2,1-4H3,(H,34,35). The van der Waals surface area contributed by atoms with Gasteiger partial charge in [0.1, 0.15) is 11.9 Å². The van der Waals surface area contributed by atoms with Crippen LogP contribution in [-0.2, 0) is 25.4 Å². The second kappa shape index (κ2) is 15.1. The summed E-state index contributed by atoms with van der Waals surface area (Å²) in [7, 11) is 1.74. The summed E-state index contributed by atoms with van der Waals surface area (Å²) in [6.07, 6.45) is -2.13. The van der Waals surface area contributed by atoms with Gasteiger partial charge in [-0.1, -0.05) is 54.1 Å². The predicted octanol–water partition coefficient (Wildman–Crippen LogP) is 5.47. The first-order valence-corrected chi connectivity index (χ1v) is 13.5. The quantitative estimate of drug-likeness (QED) is 0.201. The Hall–Kier alpha value is -4.08. The summed E-state index contributed by atoms with van der Waals surface area (Å²) in [5.41, 5.74) is 0.941. The Labute approximate surface area is 245 Å². The van der Waals surface area contributed by atoms with E-state index in [1.54, 1.807) is 57.3 Å². The van der Waals surface area contributed by atoms with Gasteiger partial charge in [0.15, 0.2) is 5.60 Å². The van der Waals surface area contributed by atoms with E-state index < -0.39 is 30.1 Å². The molecule has 0 bridgehead atoms. The number of carbonyl (C=O) groups is 3. The highest BCUT2D eigenvalue weighted by Gasteiger charge is 2.34. The molecule has 3 aromatic carbocycles. The molecule has 0 aliphatic rings. The summed E-state index contributed by atoms with van der Waals surface area (Å²) in [4.78, 5) is 37.4. The summed E-state index contributed by atoms with van der Waals surface area (Å²) < 4.78 is 21.7. The Morgan fingerprint density at radius 2 is 1.54 bits per heavy atom. The molecule has 41 heavy (non-hydrogen) atoms. The molecule has 0 saturated heterocycles. The van der Waals surface area contributed by atoms with Crippen molar-refractivity contribution in [2.45, 2.75) is 45.2 Å². The maximum Gasteiger partial charge on any atom is 0.512 e. The lowest BCUT2D eigenvalue weighted by Gasteiger charge is -2.26. The highest BCUT2D eigenvalue weighted by molar-refractivity contribution is 6.30. The van der Waals surface area contributed by atoms with Crippen molar-refractivity contribution in [2.75, 3.05) is 20.1 Å². The van der Waals surface area contributed by atoms with Gasteiger partial charge in [-0.2, -0.15) is 0 Å². The van der Waals surface area contributed by atoms with Crippen molar-refractivity contribution in [3.63, 3.8) is 0 Å². The van der Waals surface area contributed by atoms with Crippen LogP contribution in [0.5, 0.6) is 5.75 Å². The van der Waals surface area contributed by atoms with Crippen LogP contribution in [0.25, 0.3) is 0 Å². The van der Waals surface area contributed by atoms with Crippen molar-refractivity contribution in [1.82, 2.24) is 10.6 Å². The maximum atomic E-state index is 12.8. The van der Waals surface area contributed by atoms with E-state index in [1.165, 1.54) is 6.92 Å². The fourth-order valence-corrected chi connectivity index (χ4v) is 3.89. The molecule has 1 amide bonds. The first-order valence-electron chi connectivity index (χ1n) is 13.2. The molecule has 9 nitrogen and oxygen atoms in total. The number of carbonyl (C=O) groups excluding carboxylic acids is 3. The number of amides is 1. The van der Waals surface area contributed by atoms with Gasteiger partial charge in [-0.15, -0.1) is 0 Å². The van der Waals surface area contributed by atoms with Crippen molar-refractivity contribution >= 4 is 29.6 Å². The van der Waals surface area contributed by atoms with Crippen LogP contribution in [0.15, 0.2) is 78.9 Å². The van der Waals surface area contributed by atoms with Crippen molar-refractivity contribution in [3.05, 3.63) is 101 Å². The molecule has 2 atom stereocenters. The van der Waals surface area contributed by atoms with Gasteiger partial charge in [-0.3, -0.25) is 4.79 Å². The summed E-state index contributed by atoms with van der Waals surface area (Å²) >= 11 is 5.86. The van der Waals surface area contributed by atoms with Crippen LogP contribution in [0.3, 0.4) is 0 Å². The lowest BCUT2D eigenvalue weighted by Crippen LogP contribution is -2.42. The molecule has 0 aliphatic heterocycles. The van der Waals surface area contributed by atoms with Crippen molar-refractivity contribution in [2.24, 2.45) is 0 Å². The monoisotopic (exact) mass is 582 g/mol. The molecule has 2 N–H and O–H groups in total. The minimum Gasteiger partial charge on any atom is -0.476 e. The number of nitrogens with one attached hydrogen (secondary N) is 2. The fourth-order valence-electron chi connectivity index (χ4n) is 3.76. The zero-order chi connectivity index (χ0) is 29.8. The largest absolute Gasteiger partial charge is 0.512 e. The van der Waals surface area contributed by atoms with E-state index in [-0.39, 0.29) is 5.91 Å². The predicted molar refractivity (Wildman–Crippen MR) is 155 cm³/mol. The number of esters is 1. The Morgan fingerprint density at radius 1 is 0.878 bits per heavy atom. The number of ether oxygens (including phenoxy) is 4. The van der Waals surface area contributed by atoms with Crippen molar-refractivity contribution in [1.29, 1.82) is 0 Å². The summed E-state index contributed by atoms with van der Waals surface area (Å²) in [5, 5.41) is 6.41. The Morgan fingerprint density at radius 3 is 2.17 bits per heavy atom. The second-order valence-electron chi connectivity index (χ2n) is 9.68. The van der Waals surface area contributed by atoms with Gasteiger partial charge >= 0.3 is 12.1 Å². The fraction of sp³-hybridized carbons (Fsp3) is 0.323. The number of benzene rings is 3. The van der Waals surface area contributed by atoms with E-state index in [2.05, 4.69) is 10.6 Å². The molecule has 0 saturated carbocycles. The molecule has 0 aromatic heterocycles. The molecule has 0 radical (unpaired) electrons. The Kier molecular flexibility index (Phi) is 11.6. The maximum absolute atomic E-state index is 12.8. The molecule has 3 aromatic rings. The second-order valence-corrected chi connectivity index (χ2v) is 10.1. The third-order valence-electron chi connectivity index (χ3n) is 5.93. The van der Waals surface area contributed by atoms with E-state index in [9.17, 15) is 14.4 Å². The lowest BCUT2D eigenvalue weighted by molar-refractivity contribution is -0.183. The van der Waals surface area contributed by atoms with Crippen LogP contribution in [0.2, 0.25) is 5.02 Å². The average Bonchev–Trinajstić information content (AvgIpc) is 2.94. The molecular weight excluding hydrogens is 548 g/mol. The molecule has 218 valence electrons. The van der Waals surface area contributed by atoms with Gasteiger partial charge in [0.2, 0.25) is 6.29 Å². The smallest absolute Gasteiger partial charge is 0.476 e. The molecule has 0 heterocycles. The van der Waals surface area contributed by atoms with Crippen LogP contribution in [-0.4, -0.2) is 50.1 Å². The number of hydrogen-bond donors (Lipinski definition) is 2. The number of rotatable bonds is 13. The zero-order valence-corrected chi connectivity index (χ0v) is 24.3. The third-order valence-corrected chi connectivity index (χ3v) is 6.18. The number of halogens is 1. The van der Waals surface area contributed by atoms with Gasteiger partial charge in [0.25, 0.3) is 5.91 Å². The topological polar surface area (TPSA) is 112 Å². The summed E-state index contributed by atoms with van der Waals surface area (Å²) in [6.45, 7) is 5.36. The van der Waals surface area contributed by atoms with Gasteiger partial charge < -0.3 is 29.6 Å². The van der Waals surface area contributed by atoms with Gasteiger partial charge in [0.05, 0.1) is 0 Å². The molecule has 0 spiro atoms. The third kappa shape index (κ3) is 10.1. The SMILES string of the molecule is CNCC(OC(=O)OC(C)OC(=O)C(C)(C)Oc1ccc(CCNC(=O)c2ccc(Cl)cc2)cc1)c1ccccc1. The van der Waals surface area contributed by atoms with Crippen LogP contribution >= 0.6 is 11.6 Å². The van der Waals surface area contributed by atoms with Gasteiger partial charge in [-0.25, -0.2) is 9.59 Å². The highest BCUT2D eigenvalue weighted by atomic mass is 35.5. The molecule has 0 fully saturated rings. The minimum atomic E-state index is -1.37. The minimum absolute atomic E-state index is 0.178. The highest BCUT2D eigenvalue weighted by Crippen LogP contribution is 2.22. The summed E-state index contributed by atoms with van der Waals surface area (Å²) in [5.74, 6) is -0.449. The lowest BCUT2D eigenvalue weighted by atomic mass is 10.1. The van der Waals surface area contributed by atoms with Crippen LogP contribution < -0.4 is 15.4 Å². The van der Waals surface area contributed by atoms with Crippen molar-refractivity contribution in [3.8, 4) is 5.75 Å². The van der Waals surface area contributed by atoms with Crippen molar-refractivity contribution < 1.29 is 33.3 Å². The van der Waals surface area contributed by atoms with E-state index >= 15 is 0 Å². The Bertz CT molecular complexity index is 1280. The molecular formula is C31H35ClN2O7. The van der Waals surface area contributed by atoms with E-state index in [1.807, 2.05) is 42.5 Å². The van der Waals surface area contributed by atoms with Crippen LogP contribution in [0.1, 0.15) is 48.4 Å². The summed E-state index contributed by atoms with van der Waals surface area (Å²) in [6, 6.07) is 23.1. The van der Waals surface area contributed by atoms with E-state index in [0.29, 0.717) is 35.8 Å². The molecule has 2 unspecified atom stereocenters. The zero-order valence-electron chi connectivity index (χ0n) is 23.5. The number of hydrogen-bond acceptors (Lipinski definition) is 8. The molecule has 0 aliphatic carbocycles. The Balaban J connectivity index is 1.44.